The van der Waals surface area contributed by atoms with Crippen molar-refractivity contribution < 1.29 is 0 Å². The largest absolute Gasteiger partial charge is 0.348 e. The minimum absolute atomic E-state index is 0.105. The van der Waals surface area contributed by atoms with Gasteiger partial charge in [-0.3, -0.25) is 4.79 Å². The van der Waals surface area contributed by atoms with E-state index in [1.54, 1.807) is 12.4 Å². The molecule has 0 radical (unpaired) electrons. The van der Waals surface area contributed by atoms with E-state index in [1.807, 2.05) is 6.92 Å². The minimum atomic E-state index is -0.105. The van der Waals surface area contributed by atoms with E-state index in [1.165, 1.54) is 0 Å². The molecule has 1 atom stereocenters. The summed E-state index contributed by atoms with van der Waals surface area (Å²) in [5, 5.41) is 3.29. The van der Waals surface area contributed by atoms with Gasteiger partial charge in [-0.2, -0.15) is 0 Å². The summed E-state index contributed by atoms with van der Waals surface area (Å²) in [6, 6.07) is 0.394. The number of H-pyrrole nitrogens is 1. The standard InChI is InChI=1S/C10H16N4O/c1-2-14(8-3-4-11-7-8)9-10(15)13-6-5-12-9/h5-6,8,11H,2-4,7H2,1H3,(H,13,15). The Bertz CT molecular complexity index is 370. The van der Waals surface area contributed by atoms with Crippen LogP contribution in [0, 0.1) is 0 Å². The Hall–Kier alpha value is -1.36. The second kappa shape index (κ2) is 4.44. The van der Waals surface area contributed by atoms with E-state index < -0.39 is 0 Å². The monoisotopic (exact) mass is 208 g/mol. The van der Waals surface area contributed by atoms with Crippen LogP contribution < -0.4 is 15.8 Å². The summed E-state index contributed by atoms with van der Waals surface area (Å²) in [6.07, 6.45) is 4.26. The van der Waals surface area contributed by atoms with Crippen LogP contribution in [0.1, 0.15) is 13.3 Å². The third-order valence-corrected chi connectivity index (χ3v) is 2.78. The van der Waals surface area contributed by atoms with Gasteiger partial charge in [-0.05, 0) is 19.9 Å². The molecule has 1 aromatic rings. The molecule has 5 nitrogen and oxygen atoms in total. The van der Waals surface area contributed by atoms with E-state index in [9.17, 15) is 4.79 Å². The molecule has 1 fully saturated rings. The molecule has 82 valence electrons. The Morgan fingerprint density at radius 3 is 3.13 bits per heavy atom. The Balaban J connectivity index is 2.26. The molecule has 1 aromatic heterocycles. The lowest BCUT2D eigenvalue weighted by Gasteiger charge is -2.27. The van der Waals surface area contributed by atoms with Gasteiger partial charge in [0.2, 0.25) is 0 Å². The number of nitrogens with one attached hydrogen (secondary N) is 2. The number of anilines is 1. The summed E-state index contributed by atoms with van der Waals surface area (Å²) in [5.74, 6) is 0.536. The fourth-order valence-corrected chi connectivity index (χ4v) is 2.03. The van der Waals surface area contributed by atoms with Gasteiger partial charge in [-0.25, -0.2) is 4.98 Å². The van der Waals surface area contributed by atoms with Gasteiger partial charge in [0.25, 0.3) is 5.56 Å². The van der Waals surface area contributed by atoms with Gasteiger partial charge < -0.3 is 15.2 Å². The van der Waals surface area contributed by atoms with Crippen molar-refractivity contribution in [2.45, 2.75) is 19.4 Å². The zero-order chi connectivity index (χ0) is 10.7. The predicted molar refractivity (Wildman–Crippen MR) is 59.2 cm³/mol. The molecule has 0 spiro atoms. The maximum absolute atomic E-state index is 11.6. The lowest BCUT2D eigenvalue weighted by molar-refractivity contribution is 0.636. The molecular weight excluding hydrogens is 192 g/mol. The number of aromatic amines is 1. The number of hydrogen-bond donors (Lipinski definition) is 2. The van der Waals surface area contributed by atoms with Crippen molar-refractivity contribution in [3.8, 4) is 0 Å². The molecule has 0 saturated carbocycles. The predicted octanol–water partition coefficient (Wildman–Crippen LogP) is -0.0419. The van der Waals surface area contributed by atoms with Crippen molar-refractivity contribution in [2.24, 2.45) is 0 Å². The summed E-state index contributed by atoms with van der Waals surface area (Å²) < 4.78 is 0. The van der Waals surface area contributed by atoms with Crippen molar-refractivity contribution in [3.63, 3.8) is 0 Å². The van der Waals surface area contributed by atoms with E-state index >= 15 is 0 Å². The smallest absolute Gasteiger partial charge is 0.290 e. The fourth-order valence-electron chi connectivity index (χ4n) is 2.03. The zero-order valence-electron chi connectivity index (χ0n) is 8.86. The molecular formula is C10H16N4O. The highest BCUT2D eigenvalue weighted by atomic mass is 16.1. The molecule has 2 N–H and O–H groups in total. The van der Waals surface area contributed by atoms with Crippen molar-refractivity contribution in [1.82, 2.24) is 15.3 Å². The quantitative estimate of drug-likeness (QED) is 0.731. The highest BCUT2D eigenvalue weighted by molar-refractivity contribution is 5.37. The maximum atomic E-state index is 11.6. The number of nitrogens with zero attached hydrogens (tertiary/aromatic N) is 2. The molecule has 0 bridgehead atoms. The van der Waals surface area contributed by atoms with Crippen LogP contribution in [-0.4, -0.2) is 35.6 Å². The number of aromatic nitrogens is 2. The lowest BCUT2D eigenvalue weighted by atomic mass is 10.2. The molecule has 2 heterocycles. The van der Waals surface area contributed by atoms with Gasteiger partial charge in [-0.15, -0.1) is 0 Å². The van der Waals surface area contributed by atoms with Crippen molar-refractivity contribution >= 4 is 5.82 Å². The third kappa shape index (κ3) is 2.02. The van der Waals surface area contributed by atoms with Crippen LogP contribution in [0.2, 0.25) is 0 Å². The third-order valence-electron chi connectivity index (χ3n) is 2.78. The van der Waals surface area contributed by atoms with E-state index in [4.69, 9.17) is 0 Å². The van der Waals surface area contributed by atoms with Crippen LogP contribution in [0.15, 0.2) is 17.2 Å². The second-order valence-electron chi connectivity index (χ2n) is 3.67. The Morgan fingerprint density at radius 2 is 2.53 bits per heavy atom. The van der Waals surface area contributed by atoms with Gasteiger partial charge in [0.15, 0.2) is 5.82 Å². The Labute approximate surface area is 88.5 Å². The first kappa shape index (κ1) is 10.2. The average molecular weight is 208 g/mol. The van der Waals surface area contributed by atoms with Gasteiger partial charge >= 0.3 is 0 Å². The van der Waals surface area contributed by atoms with E-state index in [-0.39, 0.29) is 5.56 Å². The average Bonchev–Trinajstić information content (AvgIpc) is 2.75. The topological polar surface area (TPSA) is 61.0 Å². The number of rotatable bonds is 3. The minimum Gasteiger partial charge on any atom is -0.348 e. The molecule has 1 aliphatic heterocycles. The molecule has 0 amide bonds. The van der Waals surface area contributed by atoms with E-state index in [2.05, 4.69) is 20.2 Å². The summed E-state index contributed by atoms with van der Waals surface area (Å²) in [5.41, 5.74) is -0.105. The molecule has 1 unspecified atom stereocenters. The van der Waals surface area contributed by atoms with Crippen LogP contribution in [0.4, 0.5) is 5.82 Å². The molecule has 0 aliphatic carbocycles. The first-order valence-electron chi connectivity index (χ1n) is 5.34. The normalized spacial score (nSPS) is 20.5. The van der Waals surface area contributed by atoms with Gasteiger partial charge in [0, 0.05) is 31.5 Å². The van der Waals surface area contributed by atoms with Crippen LogP contribution in [-0.2, 0) is 0 Å². The number of hydrogen-bond acceptors (Lipinski definition) is 4. The highest BCUT2D eigenvalue weighted by Gasteiger charge is 2.23. The van der Waals surface area contributed by atoms with Crippen LogP contribution in [0.5, 0.6) is 0 Å². The van der Waals surface area contributed by atoms with Gasteiger partial charge in [-0.1, -0.05) is 0 Å². The zero-order valence-corrected chi connectivity index (χ0v) is 8.86. The van der Waals surface area contributed by atoms with E-state index in [0.717, 1.165) is 26.1 Å². The first-order chi connectivity index (χ1) is 7.33. The molecule has 5 heteroatoms. The summed E-state index contributed by atoms with van der Waals surface area (Å²) in [4.78, 5) is 20.5. The fraction of sp³-hybridized carbons (Fsp3) is 0.600. The van der Waals surface area contributed by atoms with Crippen molar-refractivity contribution in [1.29, 1.82) is 0 Å². The van der Waals surface area contributed by atoms with Gasteiger partial charge in [0.05, 0.1) is 0 Å². The molecule has 2 rings (SSSR count). The maximum Gasteiger partial charge on any atom is 0.290 e. The number of likely N-dealkylation sites (N-methyl/N-ethyl adjacent to an activating group) is 1. The molecule has 0 aromatic carbocycles. The van der Waals surface area contributed by atoms with Gasteiger partial charge in [0.1, 0.15) is 0 Å². The summed E-state index contributed by atoms with van der Waals surface area (Å²) in [7, 11) is 0. The highest BCUT2D eigenvalue weighted by Crippen LogP contribution is 2.12. The first-order valence-corrected chi connectivity index (χ1v) is 5.34. The van der Waals surface area contributed by atoms with E-state index in [0.29, 0.717) is 11.9 Å². The Kier molecular flexibility index (Phi) is 3.01. The van der Waals surface area contributed by atoms with Crippen LogP contribution >= 0.6 is 0 Å². The second-order valence-corrected chi connectivity index (χ2v) is 3.67. The molecule has 1 saturated heterocycles. The van der Waals surface area contributed by atoms with Crippen molar-refractivity contribution in [3.05, 3.63) is 22.7 Å². The van der Waals surface area contributed by atoms with Crippen LogP contribution in [0.25, 0.3) is 0 Å². The summed E-state index contributed by atoms with van der Waals surface area (Å²) >= 11 is 0. The summed E-state index contributed by atoms with van der Waals surface area (Å²) in [6.45, 7) is 4.81. The molecule has 15 heavy (non-hydrogen) atoms. The molecule has 1 aliphatic rings. The lowest BCUT2D eigenvalue weighted by Crippen LogP contribution is -2.40. The van der Waals surface area contributed by atoms with Crippen LogP contribution in [0.3, 0.4) is 0 Å². The van der Waals surface area contributed by atoms with Crippen molar-refractivity contribution in [2.75, 3.05) is 24.5 Å². The SMILES string of the molecule is CCN(c1ncc[nH]c1=O)C1CCNC1. The Morgan fingerprint density at radius 1 is 1.67 bits per heavy atom.